The van der Waals surface area contributed by atoms with Crippen LogP contribution >= 0.6 is 0 Å². The van der Waals surface area contributed by atoms with E-state index in [0.717, 1.165) is 0 Å². The average Bonchev–Trinajstić information content (AvgIpc) is 2.71. The Morgan fingerprint density at radius 1 is 1.53 bits per heavy atom. The summed E-state index contributed by atoms with van der Waals surface area (Å²) < 4.78 is 19.5. The van der Waals surface area contributed by atoms with Gasteiger partial charge in [0.05, 0.1) is 13.3 Å². The van der Waals surface area contributed by atoms with E-state index in [1.807, 2.05) is 0 Å². The molecule has 0 amide bonds. The third-order valence-electron chi connectivity index (χ3n) is 1.84. The van der Waals surface area contributed by atoms with Gasteiger partial charge in [0, 0.05) is 12.4 Å². The van der Waals surface area contributed by atoms with E-state index in [0.29, 0.717) is 12.4 Å². The van der Waals surface area contributed by atoms with Crippen molar-refractivity contribution in [1.29, 1.82) is 0 Å². The second kappa shape index (κ2) is 4.04. The van der Waals surface area contributed by atoms with Gasteiger partial charge in [0.25, 0.3) is 5.95 Å². The lowest BCUT2D eigenvalue weighted by Gasteiger charge is -2.03. The van der Waals surface area contributed by atoms with Crippen LogP contribution in [0.15, 0.2) is 24.7 Å². The van der Waals surface area contributed by atoms with Gasteiger partial charge in [-0.1, -0.05) is 0 Å². The Kier molecular flexibility index (Phi) is 2.57. The molecule has 78 valence electrons. The predicted octanol–water partition coefficient (Wildman–Crippen LogP) is 0.869. The van der Waals surface area contributed by atoms with Crippen molar-refractivity contribution in [2.24, 2.45) is 0 Å². The maximum Gasteiger partial charge on any atom is 0.258 e. The van der Waals surface area contributed by atoms with Gasteiger partial charge in [-0.15, -0.1) is 0 Å². The molecule has 0 aliphatic rings. The van der Waals surface area contributed by atoms with Gasteiger partial charge >= 0.3 is 0 Å². The topological polar surface area (TPSA) is 52.8 Å². The SMILES string of the molecule is COc1cnc(Cn2cccn2)nc1F. The summed E-state index contributed by atoms with van der Waals surface area (Å²) in [4.78, 5) is 7.60. The van der Waals surface area contributed by atoms with Crippen molar-refractivity contribution in [1.82, 2.24) is 19.7 Å². The molecule has 0 saturated carbocycles. The minimum atomic E-state index is -0.658. The Balaban J connectivity index is 2.20. The van der Waals surface area contributed by atoms with Crippen molar-refractivity contribution >= 4 is 0 Å². The first-order chi connectivity index (χ1) is 7.29. The molecule has 0 atom stereocenters. The van der Waals surface area contributed by atoms with Crippen LogP contribution in [0.1, 0.15) is 5.82 Å². The van der Waals surface area contributed by atoms with Crippen molar-refractivity contribution in [3.8, 4) is 5.75 Å². The normalized spacial score (nSPS) is 10.3. The largest absolute Gasteiger partial charge is 0.491 e. The van der Waals surface area contributed by atoms with Crippen LogP contribution in [0.3, 0.4) is 0 Å². The number of aromatic nitrogens is 4. The smallest absolute Gasteiger partial charge is 0.258 e. The molecule has 0 bridgehead atoms. The molecule has 0 aromatic carbocycles. The van der Waals surface area contributed by atoms with Gasteiger partial charge in [-0.3, -0.25) is 4.68 Å². The second-order valence-corrected chi connectivity index (χ2v) is 2.85. The summed E-state index contributed by atoms with van der Waals surface area (Å²) in [6.07, 6.45) is 4.70. The third kappa shape index (κ3) is 2.09. The first kappa shape index (κ1) is 9.57. The van der Waals surface area contributed by atoms with Crippen LogP contribution in [0.5, 0.6) is 5.75 Å². The van der Waals surface area contributed by atoms with E-state index in [1.165, 1.54) is 13.3 Å². The summed E-state index contributed by atoms with van der Waals surface area (Å²) in [5.74, 6) is -0.258. The highest BCUT2D eigenvalue weighted by molar-refractivity contribution is 5.14. The summed E-state index contributed by atoms with van der Waals surface area (Å²) in [5.41, 5.74) is 0. The van der Waals surface area contributed by atoms with E-state index in [1.54, 1.807) is 23.1 Å². The van der Waals surface area contributed by atoms with E-state index in [2.05, 4.69) is 15.1 Å². The van der Waals surface area contributed by atoms with Crippen LogP contribution in [0, 0.1) is 5.95 Å². The van der Waals surface area contributed by atoms with Crippen molar-refractivity contribution in [2.45, 2.75) is 6.54 Å². The summed E-state index contributed by atoms with van der Waals surface area (Å²) in [6, 6.07) is 1.78. The molecular weight excluding hydrogens is 199 g/mol. The molecule has 0 N–H and O–H groups in total. The van der Waals surface area contributed by atoms with Gasteiger partial charge in [-0.25, -0.2) is 4.98 Å². The highest BCUT2D eigenvalue weighted by Crippen LogP contribution is 2.11. The molecule has 0 aliphatic carbocycles. The van der Waals surface area contributed by atoms with Gasteiger partial charge in [0.2, 0.25) is 0 Å². The Morgan fingerprint density at radius 2 is 2.40 bits per heavy atom. The van der Waals surface area contributed by atoms with Crippen molar-refractivity contribution in [3.63, 3.8) is 0 Å². The fourth-order valence-electron chi connectivity index (χ4n) is 1.14. The Hall–Kier alpha value is -1.98. The quantitative estimate of drug-likeness (QED) is 0.702. The number of hydrogen-bond donors (Lipinski definition) is 0. The molecular formula is C9H9FN4O. The number of nitrogens with zero attached hydrogens (tertiary/aromatic N) is 4. The van der Waals surface area contributed by atoms with Crippen molar-refractivity contribution < 1.29 is 9.13 Å². The zero-order chi connectivity index (χ0) is 10.7. The van der Waals surface area contributed by atoms with Crippen molar-refractivity contribution in [2.75, 3.05) is 7.11 Å². The lowest BCUT2D eigenvalue weighted by molar-refractivity contribution is 0.372. The Morgan fingerprint density at radius 3 is 3.00 bits per heavy atom. The summed E-state index contributed by atoms with van der Waals surface area (Å²) in [7, 11) is 1.37. The second-order valence-electron chi connectivity index (χ2n) is 2.85. The number of rotatable bonds is 3. The lowest BCUT2D eigenvalue weighted by atomic mass is 10.5. The van der Waals surface area contributed by atoms with E-state index in [-0.39, 0.29) is 5.75 Å². The first-order valence-electron chi connectivity index (χ1n) is 4.32. The third-order valence-corrected chi connectivity index (χ3v) is 1.84. The van der Waals surface area contributed by atoms with Gasteiger partial charge < -0.3 is 4.74 Å². The van der Waals surface area contributed by atoms with E-state index in [4.69, 9.17) is 4.74 Å². The predicted molar refractivity (Wildman–Crippen MR) is 49.9 cm³/mol. The summed E-state index contributed by atoms with van der Waals surface area (Å²) in [6.45, 7) is 0.341. The molecule has 0 spiro atoms. The fourth-order valence-corrected chi connectivity index (χ4v) is 1.14. The van der Waals surface area contributed by atoms with Crippen LogP contribution in [-0.4, -0.2) is 26.9 Å². The molecule has 2 aromatic heterocycles. The zero-order valence-electron chi connectivity index (χ0n) is 8.09. The van der Waals surface area contributed by atoms with Crippen molar-refractivity contribution in [3.05, 3.63) is 36.4 Å². The average molecular weight is 208 g/mol. The summed E-state index contributed by atoms with van der Waals surface area (Å²) in [5, 5.41) is 3.97. The number of ether oxygens (including phenoxy) is 1. The lowest BCUT2D eigenvalue weighted by Crippen LogP contribution is -2.06. The highest BCUT2D eigenvalue weighted by atomic mass is 19.1. The minimum Gasteiger partial charge on any atom is -0.491 e. The van der Waals surface area contributed by atoms with Crippen LogP contribution < -0.4 is 4.74 Å². The molecule has 2 rings (SSSR count). The Bertz CT molecular complexity index is 443. The highest BCUT2D eigenvalue weighted by Gasteiger charge is 2.06. The molecule has 0 unspecified atom stereocenters. The van der Waals surface area contributed by atoms with Gasteiger partial charge in [-0.05, 0) is 6.07 Å². The minimum absolute atomic E-state index is 0.0409. The monoisotopic (exact) mass is 208 g/mol. The van der Waals surface area contributed by atoms with E-state index < -0.39 is 5.95 Å². The van der Waals surface area contributed by atoms with Crippen LogP contribution in [0.2, 0.25) is 0 Å². The maximum absolute atomic E-state index is 13.2. The molecule has 6 heteroatoms. The number of halogens is 1. The van der Waals surface area contributed by atoms with Gasteiger partial charge in [0.15, 0.2) is 11.6 Å². The van der Waals surface area contributed by atoms with E-state index in [9.17, 15) is 4.39 Å². The Labute approximate surface area is 85.5 Å². The van der Waals surface area contributed by atoms with Crippen LogP contribution in [-0.2, 0) is 6.54 Å². The molecule has 0 radical (unpaired) electrons. The van der Waals surface area contributed by atoms with Gasteiger partial charge in [-0.2, -0.15) is 14.5 Å². The number of hydrogen-bond acceptors (Lipinski definition) is 4. The standard InChI is InChI=1S/C9H9FN4O/c1-15-7-5-11-8(13-9(7)10)6-14-4-2-3-12-14/h2-5H,6H2,1H3. The van der Waals surface area contributed by atoms with Crippen LogP contribution in [0.25, 0.3) is 0 Å². The molecule has 2 aromatic rings. The molecule has 15 heavy (non-hydrogen) atoms. The molecule has 0 fully saturated rings. The first-order valence-corrected chi connectivity index (χ1v) is 4.32. The fraction of sp³-hybridized carbons (Fsp3) is 0.222. The van der Waals surface area contributed by atoms with E-state index >= 15 is 0 Å². The molecule has 5 nitrogen and oxygen atoms in total. The molecule has 2 heterocycles. The van der Waals surface area contributed by atoms with Crippen LogP contribution in [0.4, 0.5) is 4.39 Å². The molecule has 0 saturated heterocycles. The maximum atomic E-state index is 13.2. The number of methoxy groups -OCH3 is 1. The van der Waals surface area contributed by atoms with Gasteiger partial charge in [0.1, 0.15) is 6.54 Å². The summed E-state index contributed by atoms with van der Waals surface area (Å²) >= 11 is 0. The molecule has 0 aliphatic heterocycles. The zero-order valence-corrected chi connectivity index (χ0v) is 8.09.